The topological polar surface area (TPSA) is 29.1 Å². The largest absolute Gasteiger partial charge is 0.382 e. The maximum Gasteiger partial charge on any atom is 0.150 e. The third-order valence-corrected chi connectivity index (χ3v) is 3.02. The van der Waals surface area contributed by atoms with Crippen molar-refractivity contribution in [2.24, 2.45) is 0 Å². The van der Waals surface area contributed by atoms with E-state index in [0.29, 0.717) is 6.04 Å². The van der Waals surface area contributed by atoms with Crippen LogP contribution in [0.2, 0.25) is 0 Å². The summed E-state index contributed by atoms with van der Waals surface area (Å²) in [6.07, 6.45) is 7.48. The number of hydrogen-bond acceptors (Lipinski definition) is 2. The normalized spacial score (nSPS) is 17.3. The smallest absolute Gasteiger partial charge is 0.150 e. The van der Waals surface area contributed by atoms with Gasteiger partial charge < -0.3 is 5.32 Å². The van der Waals surface area contributed by atoms with Gasteiger partial charge in [0.2, 0.25) is 0 Å². The highest BCUT2D eigenvalue weighted by Crippen LogP contribution is 2.21. The van der Waals surface area contributed by atoms with Gasteiger partial charge in [-0.3, -0.25) is 4.79 Å². The van der Waals surface area contributed by atoms with E-state index in [1.807, 2.05) is 24.3 Å². The summed E-state index contributed by atoms with van der Waals surface area (Å²) < 4.78 is 0. The Morgan fingerprint density at radius 2 is 1.73 bits per heavy atom. The van der Waals surface area contributed by atoms with E-state index in [0.717, 1.165) is 17.5 Å². The molecule has 2 rings (SSSR count). The van der Waals surface area contributed by atoms with Crippen LogP contribution >= 0.6 is 0 Å². The van der Waals surface area contributed by atoms with Crippen molar-refractivity contribution >= 4 is 12.0 Å². The summed E-state index contributed by atoms with van der Waals surface area (Å²) in [7, 11) is 0. The van der Waals surface area contributed by atoms with Crippen molar-refractivity contribution < 1.29 is 4.79 Å². The Balaban J connectivity index is 1.94. The molecule has 0 amide bonds. The second-order valence-corrected chi connectivity index (χ2v) is 4.22. The van der Waals surface area contributed by atoms with Gasteiger partial charge >= 0.3 is 0 Å². The van der Waals surface area contributed by atoms with Crippen molar-refractivity contribution in [1.82, 2.24) is 0 Å². The molecule has 0 saturated heterocycles. The molecule has 1 N–H and O–H groups in total. The summed E-state index contributed by atoms with van der Waals surface area (Å²) in [6.45, 7) is 0. The first-order chi connectivity index (χ1) is 7.38. The molecular weight excluding hydrogens is 186 g/mol. The molecule has 0 heterocycles. The fourth-order valence-corrected chi connectivity index (χ4v) is 2.14. The Bertz CT molecular complexity index is 312. The first kappa shape index (κ1) is 10.2. The fraction of sp³-hybridized carbons (Fsp3) is 0.462. The van der Waals surface area contributed by atoms with Gasteiger partial charge in [0, 0.05) is 17.3 Å². The van der Waals surface area contributed by atoms with E-state index in [9.17, 15) is 4.79 Å². The van der Waals surface area contributed by atoms with E-state index in [2.05, 4.69) is 5.32 Å². The van der Waals surface area contributed by atoms with Crippen LogP contribution in [-0.4, -0.2) is 12.3 Å². The summed E-state index contributed by atoms with van der Waals surface area (Å²) in [6, 6.07) is 8.31. The molecule has 0 aromatic heterocycles. The number of hydrogen-bond donors (Lipinski definition) is 1. The predicted molar refractivity (Wildman–Crippen MR) is 62.3 cm³/mol. The number of benzene rings is 1. The second kappa shape index (κ2) is 4.96. The lowest BCUT2D eigenvalue weighted by Gasteiger charge is -2.23. The van der Waals surface area contributed by atoms with E-state index in [4.69, 9.17) is 0 Å². The molecule has 1 aromatic rings. The summed E-state index contributed by atoms with van der Waals surface area (Å²) in [5.41, 5.74) is 1.87. The molecule has 0 spiro atoms. The molecule has 0 radical (unpaired) electrons. The van der Waals surface area contributed by atoms with Crippen LogP contribution in [0.4, 0.5) is 5.69 Å². The standard InChI is InChI=1S/C13H17NO/c15-10-11-6-8-13(9-7-11)14-12-4-2-1-3-5-12/h6-10,12,14H,1-5H2. The summed E-state index contributed by atoms with van der Waals surface area (Å²) in [5.74, 6) is 0. The molecule has 0 atom stereocenters. The number of carbonyl (C=O) groups excluding carboxylic acids is 1. The average molecular weight is 203 g/mol. The van der Waals surface area contributed by atoms with Crippen LogP contribution in [0.25, 0.3) is 0 Å². The molecule has 1 aliphatic rings. The van der Waals surface area contributed by atoms with E-state index in [-0.39, 0.29) is 0 Å². The molecule has 2 nitrogen and oxygen atoms in total. The molecule has 1 fully saturated rings. The Labute approximate surface area is 90.7 Å². The molecule has 80 valence electrons. The molecule has 2 heteroatoms. The van der Waals surface area contributed by atoms with Crippen LogP contribution in [0.1, 0.15) is 42.5 Å². The number of nitrogens with one attached hydrogen (secondary N) is 1. The Hall–Kier alpha value is -1.31. The Morgan fingerprint density at radius 1 is 1.07 bits per heavy atom. The zero-order valence-corrected chi connectivity index (χ0v) is 8.91. The zero-order chi connectivity index (χ0) is 10.5. The van der Waals surface area contributed by atoms with E-state index >= 15 is 0 Å². The van der Waals surface area contributed by atoms with Gasteiger partial charge in [-0.05, 0) is 37.1 Å². The highest BCUT2D eigenvalue weighted by atomic mass is 16.1. The van der Waals surface area contributed by atoms with Gasteiger partial charge in [0.05, 0.1) is 0 Å². The SMILES string of the molecule is O=Cc1ccc(NC2CCCCC2)cc1. The van der Waals surface area contributed by atoms with Crippen LogP contribution in [0, 0.1) is 0 Å². The highest BCUT2D eigenvalue weighted by Gasteiger charge is 2.12. The lowest BCUT2D eigenvalue weighted by molar-refractivity contribution is 0.112. The number of carbonyl (C=O) groups is 1. The Morgan fingerprint density at radius 3 is 2.33 bits per heavy atom. The fourth-order valence-electron chi connectivity index (χ4n) is 2.14. The number of rotatable bonds is 3. The van der Waals surface area contributed by atoms with Crippen molar-refractivity contribution in [3.8, 4) is 0 Å². The summed E-state index contributed by atoms with van der Waals surface area (Å²) in [4.78, 5) is 10.5. The van der Waals surface area contributed by atoms with Gasteiger partial charge in [0.1, 0.15) is 6.29 Å². The zero-order valence-electron chi connectivity index (χ0n) is 8.91. The molecule has 0 aliphatic heterocycles. The van der Waals surface area contributed by atoms with Crippen LogP contribution in [0.15, 0.2) is 24.3 Å². The van der Waals surface area contributed by atoms with Gasteiger partial charge in [-0.25, -0.2) is 0 Å². The van der Waals surface area contributed by atoms with Gasteiger partial charge in [-0.2, -0.15) is 0 Å². The quantitative estimate of drug-likeness (QED) is 0.764. The first-order valence-corrected chi connectivity index (χ1v) is 5.70. The van der Waals surface area contributed by atoms with Gasteiger partial charge in [0.25, 0.3) is 0 Å². The van der Waals surface area contributed by atoms with Gasteiger partial charge in [0.15, 0.2) is 0 Å². The van der Waals surface area contributed by atoms with E-state index < -0.39 is 0 Å². The van der Waals surface area contributed by atoms with Crippen molar-refractivity contribution in [2.45, 2.75) is 38.1 Å². The third-order valence-electron chi connectivity index (χ3n) is 3.02. The molecule has 0 unspecified atom stereocenters. The molecule has 1 aliphatic carbocycles. The van der Waals surface area contributed by atoms with Crippen molar-refractivity contribution in [3.63, 3.8) is 0 Å². The van der Waals surface area contributed by atoms with E-state index in [1.165, 1.54) is 32.1 Å². The number of anilines is 1. The number of aldehydes is 1. The van der Waals surface area contributed by atoms with Crippen LogP contribution < -0.4 is 5.32 Å². The maximum atomic E-state index is 10.5. The van der Waals surface area contributed by atoms with Crippen molar-refractivity contribution in [3.05, 3.63) is 29.8 Å². The highest BCUT2D eigenvalue weighted by molar-refractivity contribution is 5.75. The van der Waals surface area contributed by atoms with Gasteiger partial charge in [-0.1, -0.05) is 19.3 Å². The predicted octanol–water partition coefficient (Wildman–Crippen LogP) is 3.24. The monoisotopic (exact) mass is 203 g/mol. The average Bonchev–Trinajstić information content (AvgIpc) is 2.31. The lowest BCUT2D eigenvalue weighted by atomic mass is 9.95. The van der Waals surface area contributed by atoms with Crippen LogP contribution in [0.3, 0.4) is 0 Å². The molecule has 15 heavy (non-hydrogen) atoms. The van der Waals surface area contributed by atoms with Crippen LogP contribution in [0.5, 0.6) is 0 Å². The lowest BCUT2D eigenvalue weighted by Crippen LogP contribution is -2.22. The first-order valence-electron chi connectivity index (χ1n) is 5.70. The minimum Gasteiger partial charge on any atom is -0.382 e. The van der Waals surface area contributed by atoms with E-state index in [1.54, 1.807) is 0 Å². The maximum absolute atomic E-state index is 10.5. The summed E-state index contributed by atoms with van der Waals surface area (Å²) in [5, 5.41) is 3.52. The molecule has 1 saturated carbocycles. The molecule has 1 aromatic carbocycles. The summed E-state index contributed by atoms with van der Waals surface area (Å²) >= 11 is 0. The third kappa shape index (κ3) is 2.82. The molecule has 0 bridgehead atoms. The minimum absolute atomic E-state index is 0.626. The Kier molecular flexibility index (Phi) is 3.38. The van der Waals surface area contributed by atoms with Crippen LogP contribution in [-0.2, 0) is 0 Å². The van der Waals surface area contributed by atoms with Crippen molar-refractivity contribution in [1.29, 1.82) is 0 Å². The molecular formula is C13H17NO. The van der Waals surface area contributed by atoms with Gasteiger partial charge in [-0.15, -0.1) is 0 Å². The van der Waals surface area contributed by atoms with Crippen molar-refractivity contribution in [2.75, 3.05) is 5.32 Å². The minimum atomic E-state index is 0.626. The second-order valence-electron chi connectivity index (χ2n) is 4.22.